The van der Waals surface area contributed by atoms with E-state index < -0.39 is 5.54 Å². The number of hydrogen-bond donors (Lipinski definition) is 2. The molecule has 108 valence electrons. The molecule has 0 saturated heterocycles. The predicted molar refractivity (Wildman–Crippen MR) is 88.8 cm³/mol. The van der Waals surface area contributed by atoms with E-state index in [2.05, 4.69) is 21.2 Å². The standard InChI is InChI=1S/C15H19BrN2OS/c16-12-7-5-11(6-8-12)13(19)18-15(14(17)20)9-3-1-2-4-10-15/h5-8H,1-4,9-10H2,(H2,17,20)(H,18,19). The van der Waals surface area contributed by atoms with E-state index in [1.54, 1.807) is 12.1 Å². The van der Waals surface area contributed by atoms with Crippen molar-refractivity contribution in [1.82, 2.24) is 5.32 Å². The zero-order valence-corrected chi connectivity index (χ0v) is 13.7. The lowest BCUT2D eigenvalue weighted by Crippen LogP contribution is -2.56. The average molecular weight is 355 g/mol. The van der Waals surface area contributed by atoms with Gasteiger partial charge in [0, 0.05) is 10.0 Å². The number of nitrogens with two attached hydrogens (primary N) is 1. The number of hydrogen-bond acceptors (Lipinski definition) is 2. The first-order chi connectivity index (χ1) is 9.53. The molecule has 1 saturated carbocycles. The number of nitrogens with one attached hydrogen (secondary N) is 1. The number of rotatable bonds is 3. The molecular weight excluding hydrogens is 336 g/mol. The molecule has 0 spiro atoms. The molecule has 1 aromatic rings. The molecular formula is C15H19BrN2OS. The maximum Gasteiger partial charge on any atom is 0.252 e. The van der Waals surface area contributed by atoms with E-state index in [0.717, 1.165) is 30.2 Å². The molecule has 5 heteroatoms. The summed E-state index contributed by atoms with van der Waals surface area (Å²) in [4.78, 5) is 12.8. The minimum Gasteiger partial charge on any atom is -0.391 e. The molecule has 3 N–H and O–H groups in total. The third kappa shape index (κ3) is 3.58. The van der Waals surface area contributed by atoms with Crippen LogP contribution in [0.25, 0.3) is 0 Å². The van der Waals surface area contributed by atoms with Crippen molar-refractivity contribution in [2.24, 2.45) is 5.73 Å². The fourth-order valence-corrected chi connectivity index (χ4v) is 3.18. The van der Waals surface area contributed by atoms with E-state index in [1.807, 2.05) is 12.1 Å². The van der Waals surface area contributed by atoms with E-state index in [-0.39, 0.29) is 5.91 Å². The molecule has 0 bridgehead atoms. The Bertz CT molecular complexity index is 493. The topological polar surface area (TPSA) is 55.1 Å². The predicted octanol–water partition coefficient (Wildman–Crippen LogP) is 3.56. The van der Waals surface area contributed by atoms with Crippen LogP contribution < -0.4 is 11.1 Å². The molecule has 1 aliphatic rings. The van der Waals surface area contributed by atoms with Gasteiger partial charge >= 0.3 is 0 Å². The molecule has 1 aromatic carbocycles. The number of carbonyl (C=O) groups is 1. The van der Waals surface area contributed by atoms with Gasteiger partial charge in [-0.15, -0.1) is 0 Å². The Labute approximate surface area is 133 Å². The smallest absolute Gasteiger partial charge is 0.252 e. The first kappa shape index (κ1) is 15.4. The molecule has 3 nitrogen and oxygen atoms in total. The summed E-state index contributed by atoms with van der Waals surface area (Å²) in [5.74, 6) is -0.104. The van der Waals surface area contributed by atoms with Crippen molar-refractivity contribution < 1.29 is 4.79 Å². The van der Waals surface area contributed by atoms with Gasteiger partial charge in [0.1, 0.15) is 0 Å². The summed E-state index contributed by atoms with van der Waals surface area (Å²) in [7, 11) is 0. The van der Waals surface area contributed by atoms with Crippen LogP contribution in [0.2, 0.25) is 0 Å². The second-order valence-corrected chi connectivity index (χ2v) is 6.68. The van der Waals surface area contributed by atoms with E-state index in [9.17, 15) is 4.79 Å². The van der Waals surface area contributed by atoms with Crippen molar-refractivity contribution in [3.05, 3.63) is 34.3 Å². The Morgan fingerprint density at radius 3 is 2.20 bits per heavy atom. The molecule has 2 rings (SSSR count). The summed E-state index contributed by atoms with van der Waals surface area (Å²) in [6, 6.07) is 7.30. The lowest BCUT2D eigenvalue weighted by atomic mass is 9.89. The highest BCUT2D eigenvalue weighted by molar-refractivity contribution is 9.10. The third-order valence-corrected chi connectivity index (χ3v) is 4.81. The highest BCUT2D eigenvalue weighted by atomic mass is 79.9. The molecule has 0 atom stereocenters. The van der Waals surface area contributed by atoms with Gasteiger partial charge in [0.15, 0.2) is 0 Å². The molecule has 1 fully saturated rings. The molecule has 0 unspecified atom stereocenters. The van der Waals surface area contributed by atoms with Crippen LogP contribution in [0.3, 0.4) is 0 Å². The first-order valence-electron chi connectivity index (χ1n) is 6.91. The Morgan fingerprint density at radius 1 is 1.15 bits per heavy atom. The van der Waals surface area contributed by atoms with Gasteiger partial charge in [-0.1, -0.05) is 53.8 Å². The minimum atomic E-state index is -0.518. The van der Waals surface area contributed by atoms with E-state index in [0.29, 0.717) is 10.6 Å². The third-order valence-electron chi connectivity index (χ3n) is 3.89. The van der Waals surface area contributed by atoms with Crippen LogP contribution in [-0.2, 0) is 0 Å². The maximum absolute atomic E-state index is 12.4. The summed E-state index contributed by atoms with van der Waals surface area (Å²) in [6.07, 6.45) is 6.14. The Kier molecular flexibility index (Phi) is 5.16. The number of carbonyl (C=O) groups excluding carboxylic acids is 1. The molecule has 0 aliphatic heterocycles. The fraction of sp³-hybridized carbons (Fsp3) is 0.467. The highest BCUT2D eigenvalue weighted by Gasteiger charge is 2.35. The lowest BCUT2D eigenvalue weighted by molar-refractivity contribution is 0.0917. The van der Waals surface area contributed by atoms with Gasteiger partial charge in [-0.2, -0.15) is 0 Å². The second kappa shape index (κ2) is 6.68. The van der Waals surface area contributed by atoms with Crippen LogP contribution in [0.5, 0.6) is 0 Å². The van der Waals surface area contributed by atoms with E-state index in [4.69, 9.17) is 18.0 Å². The van der Waals surface area contributed by atoms with Gasteiger partial charge in [0.2, 0.25) is 0 Å². The van der Waals surface area contributed by atoms with Gasteiger partial charge in [-0.25, -0.2) is 0 Å². The zero-order chi connectivity index (χ0) is 14.6. The summed E-state index contributed by atoms with van der Waals surface area (Å²) >= 11 is 8.60. The van der Waals surface area contributed by atoms with Crippen LogP contribution in [0.4, 0.5) is 0 Å². The molecule has 1 amide bonds. The summed E-state index contributed by atoms with van der Waals surface area (Å²) in [5.41, 5.74) is 6.05. The number of amides is 1. The Hall–Kier alpha value is -0.940. The van der Waals surface area contributed by atoms with Gasteiger partial charge in [0.25, 0.3) is 5.91 Å². The summed E-state index contributed by atoms with van der Waals surface area (Å²) < 4.78 is 0.951. The molecule has 0 aromatic heterocycles. The minimum absolute atomic E-state index is 0.104. The fourth-order valence-electron chi connectivity index (χ4n) is 2.66. The summed E-state index contributed by atoms with van der Waals surface area (Å²) in [5, 5.41) is 3.09. The SMILES string of the molecule is NC(=S)C1(NC(=O)c2ccc(Br)cc2)CCCCCC1. The lowest BCUT2D eigenvalue weighted by Gasteiger charge is -2.33. The van der Waals surface area contributed by atoms with Gasteiger partial charge in [-0.05, 0) is 37.1 Å². The molecule has 20 heavy (non-hydrogen) atoms. The number of halogens is 1. The van der Waals surface area contributed by atoms with E-state index >= 15 is 0 Å². The number of thiocarbonyl (C=S) groups is 1. The normalized spacial score (nSPS) is 18.1. The zero-order valence-electron chi connectivity index (χ0n) is 11.3. The largest absolute Gasteiger partial charge is 0.391 e. The molecule has 0 radical (unpaired) electrons. The van der Waals surface area contributed by atoms with E-state index in [1.165, 1.54) is 12.8 Å². The first-order valence-corrected chi connectivity index (χ1v) is 8.12. The van der Waals surface area contributed by atoms with Crippen molar-refractivity contribution in [3.63, 3.8) is 0 Å². The van der Waals surface area contributed by atoms with Crippen LogP contribution in [0.15, 0.2) is 28.7 Å². The summed E-state index contributed by atoms with van der Waals surface area (Å²) in [6.45, 7) is 0. The highest BCUT2D eigenvalue weighted by Crippen LogP contribution is 2.28. The van der Waals surface area contributed by atoms with Gasteiger partial charge < -0.3 is 11.1 Å². The van der Waals surface area contributed by atoms with Crippen LogP contribution in [0.1, 0.15) is 48.9 Å². The van der Waals surface area contributed by atoms with Crippen molar-refractivity contribution in [3.8, 4) is 0 Å². The molecule has 1 aliphatic carbocycles. The molecule has 0 heterocycles. The maximum atomic E-state index is 12.4. The second-order valence-electron chi connectivity index (χ2n) is 5.32. The van der Waals surface area contributed by atoms with Crippen molar-refractivity contribution in [2.75, 3.05) is 0 Å². The van der Waals surface area contributed by atoms with Crippen LogP contribution >= 0.6 is 28.1 Å². The van der Waals surface area contributed by atoms with Crippen molar-refractivity contribution >= 4 is 39.0 Å². The van der Waals surface area contributed by atoms with Crippen molar-refractivity contribution in [2.45, 2.75) is 44.1 Å². The van der Waals surface area contributed by atoms with Crippen LogP contribution in [0, 0.1) is 0 Å². The quantitative estimate of drug-likeness (QED) is 0.644. The van der Waals surface area contributed by atoms with Crippen molar-refractivity contribution in [1.29, 1.82) is 0 Å². The van der Waals surface area contributed by atoms with Crippen LogP contribution in [-0.4, -0.2) is 16.4 Å². The van der Waals surface area contributed by atoms with Gasteiger partial charge in [0.05, 0.1) is 10.5 Å². The Morgan fingerprint density at radius 2 is 1.70 bits per heavy atom. The number of benzene rings is 1. The monoisotopic (exact) mass is 354 g/mol. The van der Waals surface area contributed by atoms with Gasteiger partial charge in [-0.3, -0.25) is 4.79 Å². The average Bonchev–Trinajstić information content (AvgIpc) is 2.66. The Balaban J connectivity index is 2.17.